The number of pyridine rings is 1. The molecule has 0 aromatic carbocycles. The molecule has 1 aromatic rings. The fourth-order valence-corrected chi connectivity index (χ4v) is 2.02. The Morgan fingerprint density at radius 1 is 1.68 bits per heavy atom. The topological polar surface area (TPSA) is 78.2 Å². The lowest BCUT2D eigenvalue weighted by atomic mass is 10.1. The van der Waals surface area contributed by atoms with Gasteiger partial charge in [0.05, 0.1) is 30.5 Å². The summed E-state index contributed by atoms with van der Waals surface area (Å²) >= 11 is 0. The minimum atomic E-state index is -0.547. The van der Waals surface area contributed by atoms with Crippen LogP contribution in [0.5, 0.6) is 0 Å². The van der Waals surface area contributed by atoms with Crippen molar-refractivity contribution in [2.24, 2.45) is 0 Å². The number of carbonyl (C=O) groups is 1. The second-order valence-electron chi connectivity index (χ2n) is 4.36. The Bertz CT molecular complexity index is 524. The molecule has 1 aromatic heterocycles. The number of hydrogen-bond acceptors (Lipinski definition) is 5. The fraction of sp³-hybridized carbons (Fsp3) is 0.462. The maximum absolute atomic E-state index is 12.4. The molecule has 1 saturated heterocycles. The molecular weight excluding hydrogens is 244 g/mol. The van der Waals surface area contributed by atoms with Crippen LogP contribution in [0.4, 0.5) is 5.69 Å². The van der Waals surface area contributed by atoms with Crippen LogP contribution in [0.1, 0.15) is 16.1 Å². The first-order valence-electron chi connectivity index (χ1n) is 6.10. The highest BCUT2D eigenvalue weighted by Gasteiger charge is 2.26. The Morgan fingerprint density at radius 3 is 3.16 bits per heavy atom. The summed E-state index contributed by atoms with van der Waals surface area (Å²) in [4.78, 5) is 18.2. The van der Waals surface area contributed by atoms with Crippen LogP contribution in [0.15, 0.2) is 12.3 Å². The number of nitrogens with zero attached hydrogens (tertiary/aromatic N) is 3. The predicted molar refractivity (Wildman–Crippen MR) is 69.8 cm³/mol. The van der Waals surface area contributed by atoms with Crippen molar-refractivity contribution in [1.82, 2.24) is 9.88 Å². The highest BCUT2D eigenvalue weighted by atomic mass is 16.5. The van der Waals surface area contributed by atoms with Crippen LogP contribution in [-0.2, 0) is 4.74 Å². The first-order valence-corrected chi connectivity index (χ1v) is 6.10. The van der Waals surface area contributed by atoms with Crippen LogP contribution in [0.25, 0.3) is 0 Å². The second kappa shape index (κ2) is 5.67. The van der Waals surface area contributed by atoms with Gasteiger partial charge in [0.15, 0.2) is 6.10 Å². The zero-order chi connectivity index (χ0) is 13.8. The standard InChI is InChI=1S/C13H16N4O2/c1-9-5-12(15-2)11(7-16-9)13(18)17-3-4-19-10(6-14)8-17/h5,7,10H,3-4,8H2,1-2H3,(H,15,16). The number of morpholine rings is 1. The molecule has 0 spiro atoms. The summed E-state index contributed by atoms with van der Waals surface area (Å²) in [6, 6.07) is 3.86. The Hall–Kier alpha value is -2.13. The summed E-state index contributed by atoms with van der Waals surface area (Å²) in [5, 5.41) is 11.9. The van der Waals surface area contributed by atoms with E-state index in [1.54, 1.807) is 18.1 Å². The van der Waals surface area contributed by atoms with Gasteiger partial charge in [-0.25, -0.2) is 0 Å². The number of nitriles is 1. The Balaban J connectivity index is 2.22. The van der Waals surface area contributed by atoms with Gasteiger partial charge in [-0.3, -0.25) is 9.78 Å². The van der Waals surface area contributed by atoms with Crippen molar-refractivity contribution < 1.29 is 9.53 Å². The molecule has 1 aliphatic rings. The highest BCUT2D eigenvalue weighted by molar-refractivity contribution is 5.99. The van der Waals surface area contributed by atoms with Crippen LogP contribution in [0, 0.1) is 18.3 Å². The number of rotatable bonds is 2. The maximum Gasteiger partial charge on any atom is 0.257 e. The normalized spacial score (nSPS) is 18.8. The molecule has 2 heterocycles. The van der Waals surface area contributed by atoms with Gasteiger partial charge in [-0.15, -0.1) is 0 Å². The van der Waals surface area contributed by atoms with E-state index in [1.807, 2.05) is 19.1 Å². The van der Waals surface area contributed by atoms with E-state index in [0.717, 1.165) is 11.4 Å². The third-order valence-electron chi connectivity index (χ3n) is 3.04. The molecule has 0 radical (unpaired) electrons. The Morgan fingerprint density at radius 2 is 2.47 bits per heavy atom. The lowest BCUT2D eigenvalue weighted by molar-refractivity contribution is 0.00349. The van der Waals surface area contributed by atoms with E-state index in [-0.39, 0.29) is 5.91 Å². The van der Waals surface area contributed by atoms with Crippen LogP contribution < -0.4 is 5.32 Å². The molecule has 1 amide bonds. The minimum Gasteiger partial charge on any atom is -0.387 e. The van der Waals surface area contributed by atoms with Crippen LogP contribution in [0.2, 0.25) is 0 Å². The van der Waals surface area contributed by atoms with Gasteiger partial charge < -0.3 is 15.0 Å². The minimum absolute atomic E-state index is 0.125. The first-order chi connectivity index (χ1) is 9.15. The van der Waals surface area contributed by atoms with E-state index < -0.39 is 6.10 Å². The third-order valence-corrected chi connectivity index (χ3v) is 3.04. The van der Waals surface area contributed by atoms with Crippen LogP contribution in [-0.4, -0.2) is 48.6 Å². The van der Waals surface area contributed by atoms with Crippen LogP contribution >= 0.6 is 0 Å². The number of carbonyl (C=O) groups excluding carboxylic acids is 1. The van der Waals surface area contributed by atoms with E-state index in [9.17, 15) is 4.79 Å². The summed E-state index contributed by atoms with van der Waals surface area (Å²) in [6.07, 6.45) is 1.02. The average Bonchev–Trinajstić information content (AvgIpc) is 2.46. The number of ether oxygens (including phenoxy) is 1. The summed E-state index contributed by atoms with van der Waals surface area (Å²) < 4.78 is 5.23. The molecule has 100 valence electrons. The smallest absolute Gasteiger partial charge is 0.257 e. The van der Waals surface area contributed by atoms with E-state index in [0.29, 0.717) is 25.3 Å². The number of aryl methyl sites for hydroxylation is 1. The van der Waals surface area contributed by atoms with Gasteiger partial charge in [-0.1, -0.05) is 0 Å². The van der Waals surface area contributed by atoms with Crippen molar-refractivity contribution in [2.45, 2.75) is 13.0 Å². The number of amides is 1. The zero-order valence-electron chi connectivity index (χ0n) is 11.0. The maximum atomic E-state index is 12.4. The van der Waals surface area contributed by atoms with Gasteiger partial charge in [0.25, 0.3) is 5.91 Å². The van der Waals surface area contributed by atoms with Crippen molar-refractivity contribution in [2.75, 3.05) is 32.1 Å². The van der Waals surface area contributed by atoms with Crippen LogP contribution in [0.3, 0.4) is 0 Å². The summed E-state index contributed by atoms with van der Waals surface area (Å²) in [5.41, 5.74) is 2.11. The fourth-order valence-electron chi connectivity index (χ4n) is 2.02. The Labute approximate surface area is 112 Å². The highest BCUT2D eigenvalue weighted by Crippen LogP contribution is 2.18. The molecule has 0 aliphatic carbocycles. The predicted octanol–water partition coefficient (Wildman–Crippen LogP) is 0.796. The van der Waals surface area contributed by atoms with Crippen molar-refractivity contribution in [1.29, 1.82) is 5.26 Å². The summed E-state index contributed by atoms with van der Waals surface area (Å²) in [7, 11) is 1.77. The summed E-state index contributed by atoms with van der Waals surface area (Å²) in [6.45, 7) is 3.05. The van der Waals surface area contributed by atoms with Crippen molar-refractivity contribution >= 4 is 11.6 Å². The van der Waals surface area contributed by atoms with E-state index in [2.05, 4.69) is 10.3 Å². The molecule has 1 unspecified atom stereocenters. The van der Waals surface area contributed by atoms with Gasteiger partial charge >= 0.3 is 0 Å². The molecule has 2 rings (SSSR count). The molecule has 0 saturated carbocycles. The van der Waals surface area contributed by atoms with E-state index in [1.165, 1.54) is 0 Å². The van der Waals surface area contributed by atoms with Gasteiger partial charge in [0.1, 0.15) is 0 Å². The zero-order valence-corrected chi connectivity index (χ0v) is 11.0. The van der Waals surface area contributed by atoms with Gasteiger partial charge in [0.2, 0.25) is 0 Å². The Kier molecular flexibility index (Phi) is 3.97. The lowest BCUT2D eigenvalue weighted by Crippen LogP contribution is -2.45. The molecule has 6 heteroatoms. The second-order valence-corrected chi connectivity index (χ2v) is 4.36. The molecule has 19 heavy (non-hydrogen) atoms. The van der Waals surface area contributed by atoms with E-state index >= 15 is 0 Å². The number of nitrogens with one attached hydrogen (secondary N) is 1. The van der Waals surface area contributed by atoms with Crippen molar-refractivity contribution in [3.8, 4) is 6.07 Å². The largest absolute Gasteiger partial charge is 0.387 e. The van der Waals surface area contributed by atoms with E-state index in [4.69, 9.17) is 10.00 Å². The SMILES string of the molecule is CNc1cc(C)ncc1C(=O)N1CCOC(C#N)C1. The van der Waals surface area contributed by atoms with Gasteiger partial charge in [-0.05, 0) is 13.0 Å². The molecule has 0 bridgehead atoms. The quantitative estimate of drug-likeness (QED) is 0.850. The summed E-state index contributed by atoms with van der Waals surface area (Å²) in [5.74, 6) is -0.125. The number of anilines is 1. The molecular formula is C13H16N4O2. The number of hydrogen-bond donors (Lipinski definition) is 1. The molecule has 6 nitrogen and oxygen atoms in total. The van der Waals surface area contributed by atoms with Gasteiger partial charge in [-0.2, -0.15) is 5.26 Å². The first kappa shape index (κ1) is 13.3. The van der Waals surface area contributed by atoms with Crippen molar-refractivity contribution in [3.63, 3.8) is 0 Å². The average molecular weight is 260 g/mol. The molecule has 1 N–H and O–H groups in total. The molecule has 1 atom stereocenters. The number of aromatic nitrogens is 1. The third kappa shape index (κ3) is 2.83. The molecule has 1 aliphatic heterocycles. The van der Waals surface area contributed by atoms with Crippen molar-refractivity contribution in [3.05, 3.63) is 23.5 Å². The van der Waals surface area contributed by atoms with Gasteiger partial charge in [0, 0.05) is 25.5 Å². The molecule has 1 fully saturated rings. The monoisotopic (exact) mass is 260 g/mol. The lowest BCUT2D eigenvalue weighted by Gasteiger charge is -2.30.